The summed E-state index contributed by atoms with van der Waals surface area (Å²) in [4.78, 5) is 17.7. The van der Waals surface area contributed by atoms with E-state index in [9.17, 15) is 4.79 Å². The SMILES string of the molecule is C=C1CC(c2ccc(I)cn2)C(=O)N1C. The fourth-order valence-corrected chi connectivity index (χ4v) is 1.99. The number of hydrogen-bond acceptors (Lipinski definition) is 2. The Hall–Kier alpha value is -0.910. The number of nitrogens with zero attached hydrogens (tertiary/aromatic N) is 2. The lowest BCUT2D eigenvalue weighted by atomic mass is 10.0. The number of likely N-dealkylation sites (N-methyl/N-ethyl adjacent to an activating group) is 1. The summed E-state index contributed by atoms with van der Waals surface area (Å²) in [5.74, 6) is -0.0480. The first-order valence-corrected chi connectivity index (χ1v) is 5.74. The smallest absolute Gasteiger partial charge is 0.235 e. The minimum absolute atomic E-state index is 0.0914. The van der Waals surface area contributed by atoms with Gasteiger partial charge in [0.05, 0.1) is 11.6 Å². The maximum Gasteiger partial charge on any atom is 0.235 e. The molecule has 2 rings (SSSR count). The Morgan fingerprint density at radius 2 is 2.33 bits per heavy atom. The second kappa shape index (κ2) is 3.92. The van der Waals surface area contributed by atoms with E-state index >= 15 is 0 Å². The van der Waals surface area contributed by atoms with E-state index in [1.807, 2.05) is 12.1 Å². The molecule has 1 aliphatic rings. The molecule has 15 heavy (non-hydrogen) atoms. The zero-order valence-electron chi connectivity index (χ0n) is 8.40. The van der Waals surface area contributed by atoms with Gasteiger partial charge in [-0.15, -0.1) is 0 Å². The number of halogens is 1. The molecule has 0 bridgehead atoms. The highest BCUT2D eigenvalue weighted by Gasteiger charge is 2.33. The Morgan fingerprint density at radius 3 is 2.80 bits per heavy atom. The third kappa shape index (κ3) is 1.90. The molecule has 1 saturated heterocycles. The summed E-state index contributed by atoms with van der Waals surface area (Å²) < 4.78 is 1.08. The summed E-state index contributed by atoms with van der Waals surface area (Å²) in [7, 11) is 1.76. The summed E-state index contributed by atoms with van der Waals surface area (Å²) in [5, 5.41) is 0. The predicted molar refractivity (Wildman–Crippen MR) is 66.2 cm³/mol. The molecular formula is C11H11IN2O. The number of rotatable bonds is 1. The highest BCUT2D eigenvalue weighted by Crippen LogP contribution is 2.32. The van der Waals surface area contributed by atoms with Gasteiger partial charge in [-0.1, -0.05) is 6.58 Å². The van der Waals surface area contributed by atoms with Gasteiger partial charge in [-0.3, -0.25) is 9.78 Å². The standard InChI is InChI=1S/C11H11IN2O/c1-7-5-9(11(15)14(7)2)10-4-3-8(12)6-13-10/h3-4,6,9H,1,5H2,2H3. The Balaban J connectivity index is 2.29. The highest BCUT2D eigenvalue weighted by molar-refractivity contribution is 14.1. The molecular weight excluding hydrogens is 303 g/mol. The number of amides is 1. The quantitative estimate of drug-likeness (QED) is 0.744. The first-order chi connectivity index (χ1) is 7.09. The average Bonchev–Trinajstić information content (AvgIpc) is 2.47. The van der Waals surface area contributed by atoms with Crippen molar-refractivity contribution < 1.29 is 4.79 Å². The van der Waals surface area contributed by atoms with Crippen LogP contribution in [0.25, 0.3) is 0 Å². The molecule has 4 heteroatoms. The summed E-state index contributed by atoms with van der Waals surface area (Å²) >= 11 is 2.20. The normalized spacial score (nSPS) is 21.2. The van der Waals surface area contributed by atoms with Crippen LogP contribution in [0, 0.1) is 3.57 Å². The number of aromatic nitrogens is 1. The van der Waals surface area contributed by atoms with Crippen molar-refractivity contribution in [2.75, 3.05) is 7.05 Å². The largest absolute Gasteiger partial charge is 0.319 e. The van der Waals surface area contributed by atoms with E-state index in [0.717, 1.165) is 15.0 Å². The zero-order chi connectivity index (χ0) is 11.0. The number of likely N-dealkylation sites (tertiary alicyclic amines) is 1. The van der Waals surface area contributed by atoms with E-state index in [1.165, 1.54) is 0 Å². The van der Waals surface area contributed by atoms with Gasteiger partial charge < -0.3 is 4.90 Å². The van der Waals surface area contributed by atoms with E-state index < -0.39 is 0 Å². The molecule has 1 aromatic rings. The molecule has 1 unspecified atom stereocenters. The lowest BCUT2D eigenvalue weighted by molar-refractivity contribution is -0.127. The average molecular weight is 314 g/mol. The molecule has 0 radical (unpaired) electrons. The minimum Gasteiger partial charge on any atom is -0.319 e. The van der Waals surface area contributed by atoms with Crippen LogP contribution in [0.1, 0.15) is 18.0 Å². The van der Waals surface area contributed by atoms with Crippen molar-refractivity contribution in [1.29, 1.82) is 0 Å². The molecule has 0 aromatic carbocycles. The highest BCUT2D eigenvalue weighted by atomic mass is 127. The Morgan fingerprint density at radius 1 is 1.60 bits per heavy atom. The zero-order valence-corrected chi connectivity index (χ0v) is 10.6. The molecule has 1 aromatic heterocycles. The summed E-state index contributed by atoms with van der Waals surface area (Å²) in [6.07, 6.45) is 2.47. The summed E-state index contributed by atoms with van der Waals surface area (Å²) in [5.41, 5.74) is 1.70. The van der Waals surface area contributed by atoms with Crippen molar-refractivity contribution in [3.8, 4) is 0 Å². The van der Waals surface area contributed by atoms with Crippen LogP contribution in [-0.2, 0) is 4.79 Å². The first kappa shape index (κ1) is 10.6. The van der Waals surface area contributed by atoms with E-state index in [2.05, 4.69) is 34.2 Å². The topological polar surface area (TPSA) is 33.2 Å². The van der Waals surface area contributed by atoms with Crippen LogP contribution in [0.4, 0.5) is 0 Å². The van der Waals surface area contributed by atoms with Crippen LogP contribution in [0.2, 0.25) is 0 Å². The van der Waals surface area contributed by atoms with Gasteiger partial charge in [0, 0.05) is 28.9 Å². The van der Waals surface area contributed by atoms with Crippen molar-refractivity contribution in [3.63, 3.8) is 0 Å². The van der Waals surface area contributed by atoms with Gasteiger partial charge in [-0.2, -0.15) is 0 Å². The lowest BCUT2D eigenvalue weighted by Gasteiger charge is -2.09. The van der Waals surface area contributed by atoms with E-state index in [1.54, 1.807) is 18.1 Å². The van der Waals surface area contributed by atoms with Crippen LogP contribution in [0.15, 0.2) is 30.6 Å². The van der Waals surface area contributed by atoms with Gasteiger partial charge in [0.1, 0.15) is 0 Å². The van der Waals surface area contributed by atoms with Crippen molar-refractivity contribution in [3.05, 3.63) is 39.9 Å². The molecule has 1 amide bonds. The van der Waals surface area contributed by atoms with Crippen LogP contribution in [0.5, 0.6) is 0 Å². The maximum absolute atomic E-state index is 11.8. The second-order valence-corrected chi connectivity index (χ2v) is 4.87. The van der Waals surface area contributed by atoms with Gasteiger partial charge in [-0.25, -0.2) is 0 Å². The van der Waals surface area contributed by atoms with E-state index in [4.69, 9.17) is 0 Å². The van der Waals surface area contributed by atoms with Crippen LogP contribution < -0.4 is 0 Å². The second-order valence-electron chi connectivity index (χ2n) is 3.62. The molecule has 0 spiro atoms. The fourth-order valence-electron chi connectivity index (χ4n) is 1.67. The maximum atomic E-state index is 11.8. The third-order valence-corrected chi connectivity index (χ3v) is 3.29. The van der Waals surface area contributed by atoms with Gasteiger partial charge in [0.2, 0.25) is 5.91 Å². The van der Waals surface area contributed by atoms with Crippen LogP contribution in [-0.4, -0.2) is 22.8 Å². The van der Waals surface area contributed by atoms with Gasteiger partial charge in [0.25, 0.3) is 0 Å². The summed E-state index contributed by atoms with van der Waals surface area (Å²) in [6.45, 7) is 3.85. The Labute approximate surface area is 102 Å². The molecule has 78 valence electrons. The minimum atomic E-state index is -0.139. The monoisotopic (exact) mass is 314 g/mol. The fraction of sp³-hybridized carbons (Fsp3) is 0.273. The molecule has 3 nitrogen and oxygen atoms in total. The molecule has 0 N–H and O–H groups in total. The number of allylic oxidation sites excluding steroid dienone is 1. The van der Waals surface area contributed by atoms with Gasteiger partial charge in [0.15, 0.2) is 0 Å². The van der Waals surface area contributed by atoms with E-state index in [0.29, 0.717) is 6.42 Å². The van der Waals surface area contributed by atoms with Crippen molar-refractivity contribution in [2.24, 2.45) is 0 Å². The van der Waals surface area contributed by atoms with Crippen LogP contribution in [0.3, 0.4) is 0 Å². The number of carbonyl (C=O) groups is 1. The van der Waals surface area contributed by atoms with Gasteiger partial charge in [-0.05, 0) is 34.7 Å². The van der Waals surface area contributed by atoms with Crippen molar-refractivity contribution in [2.45, 2.75) is 12.3 Å². The number of carbonyl (C=O) groups excluding carboxylic acids is 1. The van der Waals surface area contributed by atoms with Crippen LogP contribution >= 0.6 is 22.6 Å². The van der Waals surface area contributed by atoms with E-state index in [-0.39, 0.29) is 11.8 Å². The third-order valence-electron chi connectivity index (χ3n) is 2.65. The number of pyridine rings is 1. The Kier molecular flexibility index (Phi) is 2.77. The Bertz CT molecular complexity index is 413. The molecule has 1 aliphatic heterocycles. The molecule has 1 fully saturated rings. The molecule has 2 heterocycles. The van der Waals surface area contributed by atoms with Gasteiger partial charge >= 0.3 is 0 Å². The molecule has 0 saturated carbocycles. The molecule has 1 atom stereocenters. The predicted octanol–water partition coefficient (Wildman–Crippen LogP) is 2.15. The summed E-state index contributed by atoms with van der Waals surface area (Å²) in [6, 6.07) is 3.88. The van der Waals surface area contributed by atoms with Crippen molar-refractivity contribution >= 4 is 28.5 Å². The number of hydrogen-bond donors (Lipinski definition) is 0. The lowest BCUT2D eigenvalue weighted by Crippen LogP contribution is -2.21. The van der Waals surface area contributed by atoms with Crippen molar-refractivity contribution in [1.82, 2.24) is 9.88 Å². The first-order valence-electron chi connectivity index (χ1n) is 4.66. The molecule has 0 aliphatic carbocycles.